The van der Waals surface area contributed by atoms with E-state index in [0.29, 0.717) is 0 Å². The summed E-state index contributed by atoms with van der Waals surface area (Å²) in [6.45, 7) is 15.0. The predicted molar refractivity (Wildman–Crippen MR) is 105 cm³/mol. The molecule has 0 saturated heterocycles. The zero-order valence-corrected chi connectivity index (χ0v) is 18.6. The Balaban J connectivity index is 2.47. The molecule has 1 aliphatic rings. The van der Waals surface area contributed by atoms with E-state index in [0.717, 1.165) is 17.8 Å². The second-order valence-corrected chi connectivity index (χ2v) is 17.2. The van der Waals surface area contributed by atoms with Gasteiger partial charge in [-0.25, -0.2) is 0 Å². The maximum absolute atomic E-state index is 2.50. The molecule has 3 radical (unpaired) electrons. The fourth-order valence-corrected chi connectivity index (χ4v) is 6.74. The Labute approximate surface area is 140 Å². The lowest BCUT2D eigenvalue weighted by atomic mass is 9.71. The average Bonchev–Trinajstić information content (AvgIpc) is 2.41. The fraction of sp³-hybridized carbons (Fsp3) is 1.00. The number of rotatable bonds is 9. The van der Waals surface area contributed by atoms with Crippen molar-refractivity contribution >= 4 is 26.4 Å². The van der Waals surface area contributed by atoms with Crippen LogP contribution in [0.25, 0.3) is 0 Å². The molecular weight excluding hydrogens is 300 g/mol. The highest BCUT2D eigenvalue weighted by Crippen LogP contribution is 2.41. The van der Waals surface area contributed by atoms with Crippen LogP contribution in [0.3, 0.4) is 0 Å². The van der Waals surface area contributed by atoms with Crippen LogP contribution in [0.4, 0.5) is 0 Å². The molecule has 0 aromatic heterocycles. The Bertz CT molecular complexity index is 263. The van der Waals surface area contributed by atoms with Gasteiger partial charge >= 0.3 is 0 Å². The average molecular weight is 340 g/mol. The molecule has 21 heavy (non-hydrogen) atoms. The summed E-state index contributed by atoms with van der Waals surface area (Å²) >= 11 is 0. The molecule has 0 nitrogen and oxygen atoms in total. The summed E-state index contributed by atoms with van der Waals surface area (Å²) in [6.07, 6.45) is 9.39. The van der Waals surface area contributed by atoms with E-state index in [4.69, 9.17) is 0 Å². The van der Waals surface area contributed by atoms with Crippen LogP contribution in [0, 0.1) is 17.8 Å². The first kappa shape index (κ1) is 19.7. The molecule has 0 N–H and O–H groups in total. The van der Waals surface area contributed by atoms with Gasteiger partial charge in [0, 0.05) is 26.4 Å². The first-order chi connectivity index (χ1) is 9.88. The van der Waals surface area contributed by atoms with E-state index in [2.05, 4.69) is 39.3 Å². The van der Waals surface area contributed by atoms with Crippen molar-refractivity contribution in [3.05, 3.63) is 0 Å². The molecule has 3 unspecified atom stereocenters. The van der Waals surface area contributed by atoms with Gasteiger partial charge in [0.25, 0.3) is 0 Å². The van der Waals surface area contributed by atoms with Crippen LogP contribution in [0.15, 0.2) is 0 Å². The minimum atomic E-state index is -0.0185. The van der Waals surface area contributed by atoms with Crippen molar-refractivity contribution in [1.82, 2.24) is 0 Å². The molecule has 3 atom stereocenters. The van der Waals surface area contributed by atoms with Gasteiger partial charge in [-0.3, -0.25) is 0 Å². The van der Waals surface area contributed by atoms with Crippen LogP contribution in [0.5, 0.6) is 0 Å². The van der Waals surface area contributed by atoms with Crippen molar-refractivity contribution in [2.45, 2.75) is 95.9 Å². The van der Waals surface area contributed by atoms with E-state index in [1.807, 2.05) is 0 Å². The van der Waals surface area contributed by atoms with E-state index in [1.54, 1.807) is 56.7 Å². The zero-order valence-electron chi connectivity index (χ0n) is 15.6. The topological polar surface area (TPSA) is 0 Å². The summed E-state index contributed by atoms with van der Waals surface area (Å²) < 4.78 is 0. The van der Waals surface area contributed by atoms with E-state index < -0.39 is 0 Å². The minimum absolute atomic E-state index is 0.00136. The lowest BCUT2D eigenvalue weighted by Gasteiger charge is -2.37. The zero-order chi connectivity index (χ0) is 15.8. The predicted octanol–water partition coefficient (Wildman–Crippen LogP) is 6.45. The largest absolute Gasteiger partial charge is 0.0713 e. The highest BCUT2D eigenvalue weighted by Gasteiger charge is 2.30. The molecule has 0 amide bonds. The summed E-state index contributed by atoms with van der Waals surface area (Å²) in [5, 5.41) is 0. The SMILES string of the molecule is C[Si](C)CCC1CCC(CC[Si](C)C)C(CC[Si](C)C)C1. The van der Waals surface area contributed by atoms with Crippen molar-refractivity contribution in [2.75, 3.05) is 0 Å². The minimum Gasteiger partial charge on any atom is -0.0713 e. The van der Waals surface area contributed by atoms with Crippen LogP contribution in [-0.2, 0) is 0 Å². The van der Waals surface area contributed by atoms with Crippen molar-refractivity contribution in [3.8, 4) is 0 Å². The maximum Gasteiger partial charge on any atom is 0.0413 e. The third-order valence-corrected chi connectivity index (χ3v) is 9.20. The Morgan fingerprint density at radius 3 is 1.62 bits per heavy atom. The fourth-order valence-electron chi connectivity index (χ4n) is 3.86. The normalized spacial score (nSPS) is 27.0. The second-order valence-electron chi connectivity index (χ2n) is 8.44. The first-order valence-electron chi connectivity index (χ1n) is 9.25. The molecule has 0 aromatic carbocycles. The van der Waals surface area contributed by atoms with Gasteiger partial charge in [0.05, 0.1) is 0 Å². The molecule has 1 fully saturated rings. The van der Waals surface area contributed by atoms with E-state index >= 15 is 0 Å². The van der Waals surface area contributed by atoms with E-state index in [1.165, 1.54) is 0 Å². The Hall–Kier alpha value is 0.651. The highest BCUT2D eigenvalue weighted by molar-refractivity contribution is 6.56. The first-order valence-corrected chi connectivity index (χ1v) is 17.4. The quantitative estimate of drug-likeness (QED) is 0.423. The Kier molecular flexibility index (Phi) is 9.78. The van der Waals surface area contributed by atoms with Crippen molar-refractivity contribution in [3.63, 3.8) is 0 Å². The van der Waals surface area contributed by atoms with E-state index in [-0.39, 0.29) is 26.4 Å². The summed E-state index contributed by atoms with van der Waals surface area (Å²) in [7, 11) is -0.0312. The summed E-state index contributed by atoms with van der Waals surface area (Å²) in [5.74, 6) is 3.27. The molecule has 0 aliphatic heterocycles. The second kappa shape index (κ2) is 10.4. The molecule has 0 heterocycles. The smallest absolute Gasteiger partial charge is 0.0413 e. The van der Waals surface area contributed by atoms with Gasteiger partial charge in [0.15, 0.2) is 0 Å². The van der Waals surface area contributed by atoms with Crippen molar-refractivity contribution in [2.24, 2.45) is 17.8 Å². The number of hydrogen-bond acceptors (Lipinski definition) is 0. The van der Waals surface area contributed by atoms with Gasteiger partial charge in [-0.2, -0.15) is 0 Å². The monoisotopic (exact) mass is 339 g/mol. The number of hydrogen-bond donors (Lipinski definition) is 0. The molecule has 3 heteroatoms. The summed E-state index contributed by atoms with van der Waals surface area (Å²) in [5.41, 5.74) is 0. The van der Waals surface area contributed by atoms with Crippen LogP contribution in [-0.4, -0.2) is 26.4 Å². The highest BCUT2D eigenvalue weighted by atomic mass is 28.3. The van der Waals surface area contributed by atoms with Crippen LogP contribution >= 0.6 is 0 Å². The molecular formula is C18H39Si3. The van der Waals surface area contributed by atoms with Crippen LogP contribution < -0.4 is 0 Å². The van der Waals surface area contributed by atoms with E-state index in [9.17, 15) is 0 Å². The molecule has 1 saturated carbocycles. The van der Waals surface area contributed by atoms with Gasteiger partial charge < -0.3 is 0 Å². The third-order valence-electron chi connectivity index (χ3n) is 5.33. The van der Waals surface area contributed by atoms with Gasteiger partial charge in [-0.15, -0.1) is 0 Å². The van der Waals surface area contributed by atoms with Gasteiger partial charge in [0.1, 0.15) is 0 Å². The van der Waals surface area contributed by atoms with Crippen LogP contribution in [0.1, 0.15) is 38.5 Å². The standard InChI is InChI=1S/C18H39Si3/c1-19(2)12-9-16-7-8-17(10-13-20(3)4)18(15-16)11-14-21(5)6/h16-18H,7-15H2,1-6H3. The van der Waals surface area contributed by atoms with Gasteiger partial charge in [-0.05, 0) is 30.6 Å². The van der Waals surface area contributed by atoms with Gasteiger partial charge in [-0.1, -0.05) is 83.1 Å². The molecule has 0 aromatic rings. The van der Waals surface area contributed by atoms with Crippen molar-refractivity contribution < 1.29 is 0 Å². The molecule has 1 aliphatic carbocycles. The van der Waals surface area contributed by atoms with Gasteiger partial charge in [0.2, 0.25) is 0 Å². The lowest BCUT2D eigenvalue weighted by molar-refractivity contribution is 0.166. The molecule has 0 bridgehead atoms. The maximum atomic E-state index is 2.50. The molecule has 0 spiro atoms. The summed E-state index contributed by atoms with van der Waals surface area (Å²) in [6, 6.07) is 4.68. The third kappa shape index (κ3) is 8.75. The summed E-state index contributed by atoms with van der Waals surface area (Å²) in [4.78, 5) is 0. The van der Waals surface area contributed by atoms with Crippen LogP contribution in [0.2, 0.25) is 57.4 Å². The Morgan fingerprint density at radius 2 is 1.10 bits per heavy atom. The Morgan fingerprint density at radius 1 is 0.619 bits per heavy atom. The molecule has 123 valence electrons. The lowest BCUT2D eigenvalue weighted by Crippen LogP contribution is -2.27. The molecule has 1 rings (SSSR count). The van der Waals surface area contributed by atoms with Crippen molar-refractivity contribution in [1.29, 1.82) is 0 Å².